The molecule has 0 bridgehead atoms. The molecule has 1 aliphatic carbocycles. The van der Waals surface area contributed by atoms with Crippen LogP contribution in [0.1, 0.15) is 42.7 Å². The van der Waals surface area contributed by atoms with Crippen LogP contribution in [-0.4, -0.2) is 37.3 Å². The fraction of sp³-hybridized carbons (Fsp3) is 0.421. The van der Waals surface area contributed by atoms with E-state index in [0.29, 0.717) is 28.3 Å². The van der Waals surface area contributed by atoms with E-state index in [2.05, 4.69) is 20.0 Å². The third-order valence-electron chi connectivity index (χ3n) is 4.89. The first-order chi connectivity index (χ1) is 13.3. The predicted octanol–water partition coefficient (Wildman–Crippen LogP) is 3.65. The highest BCUT2D eigenvalue weighted by Crippen LogP contribution is 2.36. The largest absolute Gasteiger partial charge is 0.411 e. The Labute approximate surface area is 164 Å². The Balaban J connectivity index is 2.15. The molecule has 1 fully saturated rings. The van der Waals surface area contributed by atoms with Crippen LogP contribution >= 0.6 is 0 Å². The van der Waals surface area contributed by atoms with E-state index >= 15 is 0 Å². The minimum atomic E-state index is -3.80. The van der Waals surface area contributed by atoms with Crippen molar-refractivity contribution in [3.8, 4) is 11.1 Å². The summed E-state index contributed by atoms with van der Waals surface area (Å²) in [5.74, 6) is 0.618. The Bertz CT molecular complexity index is 999. The van der Waals surface area contributed by atoms with Gasteiger partial charge in [0.2, 0.25) is 10.0 Å². The van der Waals surface area contributed by atoms with Crippen LogP contribution in [0.15, 0.2) is 31.7 Å². The topological polar surface area (TPSA) is 117 Å². The lowest BCUT2D eigenvalue weighted by Gasteiger charge is -2.16. The van der Waals surface area contributed by atoms with Crippen molar-refractivity contribution in [2.45, 2.75) is 57.4 Å². The van der Waals surface area contributed by atoms with E-state index in [4.69, 9.17) is 9.73 Å². The molecule has 0 unspecified atom stereocenters. The maximum Gasteiger partial charge on any atom is 0.242 e. The van der Waals surface area contributed by atoms with Crippen LogP contribution in [0.2, 0.25) is 0 Å². The number of nitrogens with zero attached hydrogens (tertiary/aromatic N) is 3. The Morgan fingerprint density at radius 2 is 1.93 bits per heavy atom. The molecule has 0 atom stereocenters. The summed E-state index contributed by atoms with van der Waals surface area (Å²) in [4.78, 5) is 4.29. The van der Waals surface area contributed by atoms with Crippen LogP contribution in [0.25, 0.3) is 11.1 Å². The first-order valence-corrected chi connectivity index (χ1v) is 10.6. The Hall–Kier alpha value is -2.52. The molecule has 3 rings (SSSR count). The van der Waals surface area contributed by atoms with E-state index < -0.39 is 10.0 Å². The van der Waals surface area contributed by atoms with Gasteiger partial charge in [0, 0.05) is 17.8 Å². The Kier molecular flexibility index (Phi) is 5.95. The number of nitrogens with one attached hydrogen (secondary N) is 1. The van der Waals surface area contributed by atoms with Gasteiger partial charge in [0.05, 0.1) is 17.6 Å². The van der Waals surface area contributed by atoms with Crippen molar-refractivity contribution in [3.63, 3.8) is 0 Å². The first-order valence-electron chi connectivity index (χ1n) is 9.14. The molecule has 0 spiro atoms. The number of oxime groups is 1. The van der Waals surface area contributed by atoms with Gasteiger partial charge in [-0.1, -0.05) is 23.2 Å². The summed E-state index contributed by atoms with van der Waals surface area (Å²) in [6.07, 6.45) is 6.04. The lowest BCUT2D eigenvalue weighted by Crippen LogP contribution is -2.32. The molecule has 1 aromatic heterocycles. The average molecular weight is 404 g/mol. The van der Waals surface area contributed by atoms with Crippen LogP contribution in [-0.2, 0) is 10.0 Å². The van der Waals surface area contributed by atoms with Crippen LogP contribution in [0.5, 0.6) is 0 Å². The van der Waals surface area contributed by atoms with Gasteiger partial charge >= 0.3 is 0 Å². The van der Waals surface area contributed by atoms with E-state index in [1.165, 1.54) is 6.21 Å². The van der Waals surface area contributed by atoms with E-state index in [-0.39, 0.29) is 10.9 Å². The first kappa shape index (κ1) is 20.2. The highest BCUT2D eigenvalue weighted by Gasteiger charge is 2.27. The molecule has 0 amide bonds. The maximum atomic E-state index is 13.2. The predicted molar refractivity (Wildman–Crippen MR) is 107 cm³/mol. The van der Waals surface area contributed by atoms with Crippen molar-refractivity contribution in [1.29, 1.82) is 0 Å². The summed E-state index contributed by atoms with van der Waals surface area (Å²) >= 11 is 0. The highest BCUT2D eigenvalue weighted by atomic mass is 32.2. The number of aromatic nitrogens is 1. The molecular formula is C19H24N4O4S. The molecular weight excluding hydrogens is 380 g/mol. The molecule has 9 heteroatoms. The molecule has 0 saturated heterocycles. The molecule has 0 radical (unpaired) electrons. The van der Waals surface area contributed by atoms with Gasteiger partial charge in [-0.2, -0.15) is 0 Å². The molecule has 1 heterocycles. The molecule has 2 aromatic rings. The zero-order chi connectivity index (χ0) is 20.3. The van der Waals surface area contributed by atoms with Gasteiger partial charge in [-0.15, -0.1) is 0 Å². The third kappa shape index (κ3) is 4.15. The van der Waals surface area contributed by atoms with Gasteiger partial charge in [-0.25, -0.2) is 13.1 Å². The second-order valence-corrected chi connectivity index (χ2v) is 8.67. The summed E-state index contributed by atoms with van der Waals surface area (Å²) in [6, 6.07) is 3.38. The summed E-state index contributed by atoms with van der Waals surface area (Å²) in [5.41, 5.74) is 3.14. The summed E-state index contributed by atoms with van der Waals surface area (Å²) in [7, 11) is -3.80. The quantitative estimate of drug-likeness (QED) is 0.433. The number of hydrogen-bond donors (Lipinski definition) is 2. The minimum absolute atomic E-state index is 0.0659. The zero-order valence-corrected chi connectivity index (χ0v) is 17.0. The molecule has 1 aliphatic rings. The summed E-state index contributed by atoms with van der Waals surface area (Å²) < 4.78 is 34.4. The maximum absolute atomic E-state index is 13.2. The van der Waals surface area contributed by atoms with Crippen molar-refractivity contribution in [2.75, 3.05) is 0 Å². The normalized spacial score (nSPS) is 16.0. The van der Waals surface area contributed by atoms with E-state index in [9.17, 15) is 8.42 Å². The minimum Gasteiger partial charge on any atom is -0.411 e. The van der Waals surface area contributed by atoms with Gasteiger partial charge < -0.3 is 9.73 Å². The molecule has 0 aliphatic heterocycles. The fourth-order valence-corrected chi connectivity index (χ4v) is 5.17. The van der Waals surface area contributed by atoms with Gasteiger partial charge in [-0.05, 0) is 56.9 Å². The van der Waals surface area contributed by atoms with Crippen LogP contribution < -0.4 is 4.72 Å². The second kappa shape index (κ2) is 8.24. The summed E-state index contributed by atoms with van der Waals surface area (Å²) in [6.45, 7) is 5.40. The van der Waals surface area contributed by atoms with E-state index in [1.807, 2.05) is 13.0 Å². The Morgan fingerprint density at radius 1 is 1.21 bits per heavy atom. The highest BCUT2D eigenvalue weighted by molar-refractivity contribution is 7.89. The monoisotopic (exact) mass is 404 g/mol. The smallest absolute Gasteiger partial charge is 0.242 e. The van der Waals surface area contributed by atoms with E-state index in [0.717, 1.165) is 37.5 Å². The molecule has 2 N–H and O–H groups in total. The van der Waals surface area contributed by atoms with Crippen molar-refractivity contribution < 1.29 is 18.1 Å². The van der Waals surface area contributed by atoms with E-state index in [1.54, 1.807) is 19.9 Å². The fourth-order valence-electron chi connectivity index (χ4n) is 3.62. The summed E-state index contributed by atoms with van der Waals surface area (Å²) in [5, 5.41) is 15.4. The van der Waals surface area contributed by atoms with Crippen molar-refractivity contribution >= 4 is 28.1 Å². The van der Waals surface area contributed by atoms with Gasteiger partial charge in [-0.3, -0.25) is 4.99 Å². The lowest BCUT2D eigenvalue weighted by molar-refractivity contribution is 0.322. The Morgan fingerprint density at radius 3 is 2.54 bits per heavy atom. The van der Waals surface area contributed by atoms with Gasteiger partial charge in [0.1, 0.15) is 10.7 Å². The van der Waals surface area contributed by atoms with Crippen molar-refractivity contribution in [2.24, 2.45) is 10.1 Å². The standard InChI is InChI=1S/C19H24N4O4S/c1-12-10-15(18-13(2)22-27-14(18)3)11-17(19(12)20-8-9-21-24)28(25,26)23-16-6-4-5-7-16/h8-11,16,23-24H,4-7H2,1-3H3/b20-8?,21-9+. The number of benzene rings is 1. The van der Waals surface area contributed by atoms with Crippen LogP contribution in [0.4, 0.5) is 5.69 Å². The number of sulfonamides is 1. The second-order valence-electron chi connectivity index (χ2n) is 6.98. The van der Waals surface area contributed by atoms with Crippen molar-refractivity contribution in [3.05, 3.63) is 29.2 Å². The number of rotatable bonds is 6. The molecule has 150 valence electrons. The van der Waals surface area contributed by atoms with Crippen molar-refractivity contribution in [1.82, 2.24) is 9.88 Å². The average Bonchev–Trinajstić information content (AvgIpc) is 3.25. The molecule has 8 nitrogen and oxygen atoms in total. The number of hydrogen-bond acceptors (Lipinski definition) is 7. The SMILES string of the molecule is Cc1cc(-c2c(C)noc2C)cc(S(=O)(=O)NC2CCCC2)c1N=C/C=N/O. The zero-order valence-electron chi connectivity index (χ0n) is 16.1. The van der Waals surface area contributed by atoms with Gasteiger partial charge in [0.25, 0.3) is 0 Å². The van der Waals surface area contributed by atoms with Crippen LogP contribution in [0.3, 0.4) is 0 Å². The van der Waals surface area contributed by atoms with Crippen LogP contribution in [0, 0.1) is 20.8 Å². The molecule has 1 saturated carbocycles. The van der Waals surface area contributed by atoms with Gasteiger partial charge in [0.15, 0.2) is 0 Å². The third-order valence-corrected chi connectivity index (χ3v) is 6.42. The lowest BCUT2D eigenvalue weighted by atomic mass is 10.0. The molecule has 1 aromatic carbocycles. The number of aliphatic imine (C=N–C) groups is 1. The number of aryl methyl sites for hydroxylation is 3. The molecule has 28 heavy (non-hydrogen) atoms.